The molecular formula is C58H46N2. The molecular weight excluding hydrogens is 725 g/mol. The lowest BCUT2D eigenvalue weighted by molar-refractivity contribution is -0.0399. The molecule has 0 amide bonds. The Balaban J connectivity index is 0.945. The molecule has 288 valence electrons. The molecule has 4 saturated carbocycles. The van der Waals surface area contributed by atoms with Crippen molar-refractivity contribution < 1.29 is 0 Å². The van der Waals surface area contributed by atoms with Gasteiger partial charge in [0.05, 0.1) is 16.7 Å². The molecule has 4 bridgehead atoms. The van der Waals surface area contributed by atoms with Crippen molar-refractivity contribution in [3.63, 3.8) is 0 Å². The lowest BCUT2D eigenvalue weighted by Gasteiger charge is -2.61. The van der Waals surface area contributed by atoms with Crippen molar-refractivity contribution in [2.75, 3.05) is 4.90 Å². The Morgan fingerprint density at radius 2 is 0.883 bits per heavy atom. The minimum Gasteiger partial charge on any atom is -0.310 e. The third kappa shape index (κ3) is 4.94. The molecule has 8 aromatic carbocycles. The predicted molar refractivity (Wildman–Crippen MR) is 250 cm³/mol. The molecule has 1 heterocycles. The van der Waals surface area contributed by atoms with Crippen LogP contribution in [0.1, 0.15) is 43.2 Å². The van der Waals surface area contributed by atoms with Crippen molar-refractivity contribution in [2.45, 2.75) is 37.5 Å². The molecule has 2 heteroatoms. The van der Waals surface area contributed by atoms with Crippen LogP contribution in [0.25, 0.3) is 60.9 Å². The molecule has 4 fully saturated rings. The van der Waals surface area contributed by atoms with Gasteiger partial charge in [-0.2, -0.15) is 0 Å². The van der Waals surface area contributed by atoms with Crippen LogP contribution in [0.2, 0.25) is 0 Å². The smallest absolute Gasteiger partial charge is 0.0541 e. The Bertz CT molecular complexity index is 3020. The fraction of sp³-hybridized carbons (Fsp3) is 0.172. The first kappa shape index (κ1) is 34.2. The third-order valence-electron chi connectivity index (χ3n) is 15.2. The number of anilines is 3. The normalized spacial score (nSPS) is 22.1. The van der Waals surface area contributed by atoms with Crippen molar-refractivity contribution in [3.05, 3.63) is 205 Å². The molecule has 0 unspecified atom stereocenters. The average Bonchev–Trinajstić information content (AvgIpc) is 3.79. The molecule has 0 atom stereocenters. The summed E-state index contributed by atoms with van der Waals surface area (Å²) >= 11 is 0. The first-order valence-electron chi connectivity index (χ1n) is 22.1. The Hall–Kier alpha value is -6.64. The van der Waals surface area contributed by atoms with Gasteiger partial charge >= 0.3 is 0 Å². The van der Waals surface area contributed by atoms with Crippen molar-refractivity contribution >= 4 is 38.9 Å². The Morgan fingerprint density at radius 1 is 0.383 bits per heavy atom. The van der Waals surface area contributed by atoms with Gasteiger partial charge in [0.1, 0.15) is 0 Å². The standard InChI is InChI=1S/C58H46N2/c1-2-12-40(13-3-1)41-22-26-45(27-23-41)59(47-30-31-54-52(37-47)49-15-4-8-18-53(49)58(54)43-33-38-32-39(35-43)36-44(58)34-38)46-28-24-42(25-29-46)48-14-5-9-19-55(48)60-56-20-10-6-16-50(56)51-17-7-11-21-57(51)60/h1-31,37-39,43-44H,32-36H2. The van der Waals surface area contributed by atoms with E-state index in [1.165, 1.54) is 98.7 Å². The van der Waals surface area contributed by atoms with Crippen LogP contribution < -0.4 is 4.90 Å². The van der Waals surface area contributed by atoms with E-state index in [0.29, 0.717) is 0 Å². The summed E-state index contributed by atoms with van der Waals surface area (Å²) in [7, 11) is 0. The second-order valence-corrected chi connectivity index (χ2v) is 18.1. The lowest BCUT2D eigenvalue weighted by Crippen LogP contribution is -2.55. The molecule has 0 aliphatic heterocycles. The third-order valence-corrected chi connectivity index (χ3v) is 15.2. The van der Waals surface area contributed by atoms with Gasteiger partial charge in [-0.1, -0.05) is 140 Å². The topological polar surface area (TPSA) is 8.17 Å². The Labute approximate surface area is 352 Å². The molecule has 60 heavy (non-hydrogen) atoms. The van der Waals surface area contributed by atoms with Crippen LogP contribution in [0.15, 0.2) is 194 Å². The first-order chi connectivity index (χ1) is 29.7. The minimum absolute atomic E-state index is 0.158. The summed E-state index contributed by atoms with van der Waals surface area (Å²) in [5, 5.41) is 2.55. The van der Waals surface area contributed by atoms with Crippen molar-refractivity contribution in [1.82, 2.24) is 4.57 Å². The van der Waals surface area contributed by atoms with Crippen LogP contribution in [-0.2, 0) is 5.41 Å². The fourth-order valence-electron chi connectivity index (χ4n) is 13.1. The molecule has 0 radical (unpaired) electrons. The number of rotatable bonds is 6. The predicted octanol–water partition coefficient (Wildman–Crippen LogP) is 15.3. The first-order valence-corrected chi connectivity index (χ1v) is 22.1. The maximum absolute atomic E-state index is 2.55. The van der Waals surface area contributed by atoms with E-state index in [4.69, 9.17) is 0 Å². The van der Waals surface area contributed by atoms with Crippen LogP contribution >= 0.6 is 0 Å². The van der Waals surface area contributed by atoms with E-state index < -0.39 is 0 Å². The summed E-state index contributed by atoms with van der Waals surface area (Å²) in [6, 6.07) is 72.6. The zero-order chi connectivity index (χ0) is 39.4. The highest BCUT2D eigenvalue weighted by atomic mass is 15.1. The molecule has 9 aromatic rings. The molecule has 5 aliphatic carbocycles. The van der Waals surface area contributed by atoms with Crippen molar-refractivity contribution in [1.29, 1.82) is 0 Å². The van der Waals surface area contributed by atoms with Gasteiger partial charge in [-0.25, -0.2) is 0 Å². The number of hydrogen-bond acceptors (Lipinski definition) is 1. The molecule has 5 aliphatic rings. The number of fused-ring (bicyclic) bond motifs is 6. The lowest BCUT2D eigenvalue weighted by atomic mass is 9.43. The molecule has 0 saturated heterocycles. The summed E-state index contributed by atoms with van der Waals surface area (Å²) < 4.78 is 2.44. The molecule has 14 rings (SSSR count). The van der Waals surface area contributed by atoms with Crippen LogP contribution in [0.3, 0.4) is 0 Å². The SMILES string of the molecule is c1ccc(-c2ccc(N(c3ccc(-c4ccccc4-n4c5ccccc5c5ccccc54)cc3)c3ccc4c(c3)-c3ccccc3C43C4CC5CC(C4)CC3C5)cc2)cc1. The van der Waals surface area contributed by atoms with E-state index in [2.05, 4.69) is 204 Å². The molecule has 1 aromatic heterocycles. The second kappa shape index (κ2) is 13.2. The van der Waals surface area contributed by atoms with E-state index >= 15 is 0 Å². The van der Waals surface area contributed by atoms with Gasteiger partial charge in [-0.05, 0) is 149 Å². The van der Waals surface area contributed by atoms with Gasteiger partial charge in [-0.3, -0.25) is 0 Å². The summed E-state index contributed by atoms with van der Waals surface area (Å²) in [4.78, 5) is 2.47. The molecule has 2 nitrogen and oxygen atoms in total. The average molecular weight is 771 g/mol. The van der Waals surface area contributed by atoms with E-state index in [0.717, 1.165) is 35.0 Å². The highest BCUT2D eigenvalue weighted by molar-refractivity contribution is 6.09. The second-order valence-electron chi connectivity index (χ2n) is 18.1. The number of nitrogens with zero attached hydrogens (tertiary/aromatic N) is 2. The van der Waals surface area contributed by atoms with E-state index in [9.17, 15) is 0 Å². The maximum Gasteiger partial charge on any atom is 0.0541 e. The fourth-order valence-corrected chi connectivity index (χ4v) is 13.1. The number of benzene rings is 8. The number of para-hydroxylation sites is 3. The quantitative estimate of drug-likeness (QED) is 0.163. The number of aromatic nitrogens is 1. The van der Waals surface area contributed by atoms with Crippen LogP contribution in [0, 0.1) is 23.7 Å². The van der Waals surface area contributed by atoms with Gasteiger partial charge < -0.3 is 9.47 Å². The van der Waals surface area contributed by atoms with Gasteiger partial charge in [0.2, 0.25) is 0 Å². The van der Waals surface area contributed by atoms with Crippen molar-refractivity contribution in [2.24, 2.45) is 23.7 Å². The number of hydrogen-bond donors (Lipinski definition) is 0. The Kier molecular flexibility index (Phi) is 7.52. The van der Waals surface area contributed by atoms with Gasteiger partial charge in [0.25, 0.3) is 0 Å². The Morgan fingerprint density at radius 3 is 1.55 bits per heavy atom. The highest BCUT2D eigenvalue weighted by Gasteiger charge is 2.61. The summed E-state index contributed by atoms with van der Waals surface area (Å²) in [5.41, 5.74) is 18.3. The van der Waals surface area contributed by atoms with Crippen LogP contribution in [0.5, 0.6) is 0 Å². The monoisotopic (exact) mass is 770 g/mol. The van der Waals surface area contributed by atoms with E-state index in [-0.39, 0.29) is 5.41 Å². The van der Waals surface area contributed by atoms with Gasteiger partial charge in [0.15, 0.2) is 0 Å². The summed E-state index contributed by atoms with van der Waals surface area (Å²) in [5.74, 6) is 3.36. The molecule has 1 spiro atoms. The summed E-state index contributed by atoms with van der Waals surface area (Å²) in [6.45, 7) is 0. The van der Waals surface area contributed by atoms with Gasteiger partial charge in [-0.15, -0.1) is 0 Å². The van der Waals surface area contributed by atoms with Crippen molar-refractivity contribution in [3.8, 4) is 39.1 Å². The minimum atomic E-state index is 0.158. The zero-order valence-corrected chi connectivity index (χ0v) is 33.7. The largest absolute Gasteiger partial charge is 0.310 e. The van der Waals surface area contributed by atoms with E-state index in [1.807, 2.05) is 0 Å². The van der Waals surface area contributed by atoms with Gasteiger partial charge in [0, 0.05) is 38.8 Å². The highest BCUT2D eigenvalue weighted by Crippen LogP contribution is 2.69. The zero-order valence-electron chi connectivity index (χ0n) is 33.7. The molecule has 0 N–H and O–H groups in total. The summed E-state index contributed by atoms with van der Waals surface area (Å²) in [6.07, 6.45) is 7.06. The van der Waals surface area contributed by atoms with Crippen LogP contribution in [-0.4, -0.2) is 4.57 Å². The van der Waals surface area contributed by atoms with E-state index in [1.54, 1.807) is 11.1 Å². The van der Waals surface area contributed by atoms with Crippen LogP contribution in [0.4, 0.5) is 17.1 Å². The maximum atomic E-state index is 2.55.